The fourth-order valence-corrected chi connectivity index (χ4v) is 2.17. The van der Waals surface area contributed by atoms with E-state index in [1.54, 1.807) is 25.2 Å². The molecule has 7 nitrogen and oxygen atoms in total. The standard InChI is InChI=1S/C13H15N3O4/c1-16-10-6-8(2-3-11(10)20-13(16)18)15-12(17)9-7-19-5-4-14-9/h2-3,6,9,14H,4-5,7H2,1H3,(H,15,17). The van der Waals surface area contributed by atoms with E-state index in [1.165, 1.54) is 4.57 Å². The van der Waals surface area contributed by atoms with E-state index in [9.17, 15) is 9.59 Å². The molecule has 1 unspecified atom stereocenters. The predicted octanol–water partition coefficient (Wildman–Crippen LogP) is 0.0584. The minimum absolute atomic E-state index is 0.155. The Morgan fingerprint density at radius 3 is 3.10 bits per heavy atom. The van der Waals surface area contributed by atoms with Crippen LogP contribution in [-0.2, 0) is 16.6 Å². The number of fused-ring (bicyclic) bond motifs is 1. The van der Waals surface area contributed by atoms with Gasteiger partial charge in [0.15, 0.2) is 5.58 Å². The Bertz CT molecular complexity index is 697. The van der Waals surface area contributed by atoms with Gasteiger partial charge >= 0.3 is 5.76 Å². The lowest BCUT2D eigenvalue weighted by Crippen LogP contribution is -2.48. The van der Waals surface area contributed by atoms with Gasteiger partial charge in [-0.25, -0.2) is 4.79 Å². The van der Waals surface area contributed by atoms with Crippen LogP contribution in [-0.4, -0.2) is 36.3 Å². The number of ether oxygens (including phenoxy) is 1. The first-order valence-electron chi connectivity index (χ1n) is 6.37. The second-order valence-corrected chi connectivity index (χ2v) is 4.68. The first-order chi connectivity index (χ1) is 9.65. The van der Waals surface area contributed by atoms with Crippen molar-refractivity contribution < 1.29 is 13.9 Å². The van der Waals surface area contributed by atoms with Gasteiger partial charge in [0.05, 0.1) is 18.7 Å². The number of amides is 1. The summed E-state index contributed by atoms with van der Waals surface area (Å²) in [5.41, 5.74) is 1.75. The van der Waals surface area contributed by atoms with Crippen molar-refractivity contribution in [1.29, 1.82) is 0 Å². The summed E-state index contributed by atoms with van der Waals surface area (Å²) in [6.45, 7) is 1.64. The zero-order chi connectivity index (χ0) is 14.1. The molecule has 0 radical (unpaired) electrons. The molecule has 3 rings (SSSR count). The van der Waals surface area contributed by atoms with Gasteiger partial charge in [-0.3, -0.25) is 9.36 Å². The number of carbonyl (C=O) groups is 1. The van der Waals surface area contributed by atoms with Gasteiger partial charge in [0, 0.05) is 19.3 Å². The molecule has 0 saturated carbocycles. The summed E-state index contributed by atoms with van der Waals surface area (Å²) >= 11 is 0. The van der Waals surface area contributed by atoms with E-state index in [2.05, 4.69) is 10.6 Å². The second-order valence-electron chi connectivity index (χ2n) is 4.68. The molecule has 2 heterocycles. The second kappa shape index (κ2) is 5.10. The Kier molecular flexibility index (Phi) is 3.29. The first kappa shape index (κ1) is 12.9. The number of carbonyl (C=O) groups excluding carboxylic acids is 1. The van der Waals surface area contributed by atoms with E-state index in [4.69, 9.17) is 9.15 Å². The van der Waals surface area contributed by atoms with Gasteiger partial charge in [0.2, 0.25) is 5.91 Å². The molecule has 1 saturated heterocycles. The van der Waals surface area contributed by atoms with Crippen LogP contribution in [0.15, 0.2) is 27.4 Å². The zero-order valence-electron chi connectivity index (χ0n) is 11.0. The normalized spacial score (nSPS) is 19.1. The van der Waals surface area contributed by atoms with Crippen molar-refractivity contribution in [1.82, 2.24) is 9.88 Å². The summed E-state index contributed by atoms with van der Waals surface area (Å²) in [5, 5.41) is 5.88. The lowest BCUT2D eigenvalue weighted by atomic mass is 10.2. The van der Waals surface area contributed by atoms with Gasteiger partial charge < -0.3 is 19.8 Å². The summed E-state index contributed by atoms with van der Waals surface area (Å²) in [7, 11) is 1.62. The first-order valence-corrected chi connectivity index (χ1v) is 6.37. The highest BCUT2D eigenvalue weighted by molar-refractivity contribution is 5.96. The van der Waals surface area contributed by atoms with Crippen LogP contribution in [0.3, 0.4) is 0 Å². The summed E-state index contributed by atoms with van der Waals surface area (Å²) in [4.78, 5) is 23.4. The highest BCUT2D eigenvalue weighted by Gasteiger charge is 2.21. The Morgan fingerprint density at radius 1 is 1.50 bits per heavy atom. The van der Waals surface area contributed by atoms with Crippen LogP contribution >= 0.6 is 0 Å². The fourth-order valence-electron chi connectivity index (χ4n) is 2.17. The number of nitrogens with zero attached hydrogens (tertiary/aromatic N) is 1. The third-order valence-electron chi connectivity index (χ3n) is 3.30. The van der Waals surface area contributed by atoms with E-state index in [0.29, 0.717) is 36.5 Å². The maximum Gasteiger partial charge on any atom is 0.419 e. The summed E-state index contributed by atoms with van der Waals surface area (Å²) in [6, 6.07) is 4.72. The Hall–Kier alpha value is -2.12. The number of hydrogen-bond donors (Lipinski definition) is 2. The molecule has 1 aliphatic heterocycles. The molecule has 1 aromatic carbocycles. The zero-order valence-corrected chi connectivity index (χ0v) is 11.0. The molecule has 2 N–H and O–H groups in total. The number of oxazole rings is 1. The average Bonchev–Trinajstić information content (AvgIpc) is 2.75. The van der Waals surface area contributed by atoms with Gasteiger partial charge in [0.1, 0.15) is 6.04 Å². The molecule has 1 fully saturated rings. The number of hydrogen-bond acceptors (Lipinski definition) is 5. The third kappa shape index (κ3) is 2.33. The number of nitrogens with one attached hydrogen (secondary N) is 2. The summed E-state index contributed by atoms with van der Waals surface area (Å²) < 4.78 is 11.7. The molecule has 7 heteroatoms. The number of aryl methyl sites for hydroxylation is 1. The van der Waals surface area contributed by atoms with E-state index in [1.807, 2.05) is 0 Å². The highest BCUT2D eigenvalue weighted by atomic mass is 16.5. The quantitative estimate of drug-likeness (QED) is 0.810. The maximum atomic E-state index is 12.0. The van der Waals surface area contributed by atoms with Gasteiger partial charge in [-0.1, -0.05) is 0 Å². The average molecular weight is 277 g/mol. The van der Waals surface area contributed by atoms with Crippen LogP contribution < -0.4 is 16.4 Å². The van der Waals surface area contributed by atoms with Gasteiger partial charge in [0.25, 0.3) is 0 Å². The summed E-state index contributed by atoms with van der Waals surface area (Å²) in [6.07, 6.45) is 0. The molecule has 0 aliphatic carbocycles. The largest absolute Gasteiger partial charge is 0.419 e. The van der Waals surface area contributed by atoms with Crippen molar-refractivity contribution in [2.75, 3.05) is 25.1 Å². The van der Waals surface area contributed by atoms with Crippen molar-refractivity contribution in [2.45, 2.75) is 6.04 Å². The number of morpholine rings is 1. The minimum atomic E-state index is -0.425. The molecule has 0 bridgehead atoms. The fraction of sp³-hybridized carbons (Fsp3) is 0.385. The predicted molar refractivity (Wildman–Crippen MR) is 72.7 cm³/mol. The van der Waals surface area contributed by atoms with Crippen LogP contribution in [0, 0.1) is 0 Å². The molecule has 0 spiro atoms. The van der Waals surface area contributed by atoms with Crippen LogP contribution in [0.2, 0.25) is 0 Å². The number of aromatic nitrogens is 1. The Labute approximate surface area is 114 Å². The van der Waals surface area contributed by atoms with Gasteiger partial charge in [-0.15, -0.1) is 0 Å². The molecular formula is C13H15N3O4. The van der Waals surface area contributed by atoms with E-state index < -0.39 is 5.76 Å². The maximum absolute atomic E-state index is 12.0. The van der Waals surface area contributed by atoms with Crippen molar-refractivity contribution in [2.24, 2.45) is 7.05 Å². The van der Waals surface area contributed by atoms with Crippen LogP contribution in [0.1, 0.15) is 0 Å². The van der Waals surface area contributed by atoms with Crippen LogP contribution in [0.5, 0.6) is 0 Å². The van der Waals surface area contributed by atoms with Crippen LogP contribution in [0.4, 0.5) is 5.69 Å². The summed E-state index contributed by atoms with van der Waals surface area (Å²) in [5.74, 6) is -0.580. The van der Waals surface area contributed by atoms with E-state index in [-0.39, 0.29) is 11.9 Å². The lowest BCUT2D eigenvalue weighted by molar-refractivity contribution is -0.120. The highest BCUT2D eigenvalue weighted by Crippen LogP contribution is 2.18. The number of benzene rings is 1. The van der Waals surface area contributed by atoms with E-state index >= 15 is 0 Å². The van der Waals surface area contributed by atoms with Crippen LogP contribution in [0.25, 0.3) is 11.1 Å². The van der Waals surface area contributed by atoms with Gasteiger partial charge in [-0.05, 0) is 18.2 Å². The minimum Gasteiger partial charge on any atom is -0.408 e. The van der Waals surface area contributed by atoms with Gasteiger partial charge in [-0.2, -0.15) is 0 Å². The van der Waals surface area contributed by atoms with Crippen molar-refractivity contribution in [3.05, 3.63) is 28.7 Å². The Morgan fingerprint density at radius 2 is 2.35 bits per heavy atom. The Balaban J connectivity index is 1.81. The monoisotopic (exact) mass is 277 g/mol. The topological polar surface area (TPSA) is 85.5 Å². The smallest absolute Gasteiger partial charge is 0.408 e. The molecule has 2 aromatic rings. The third-order valence-corrected chi connectivity index (χ3v) is 3.30. The molecule has 1 amide bonds. The molecule has 1 aromatic heterocycles. The molecule has 20 heavy (non-hydrogen) atoms. The SMILES string of the molecule is Cn1c(=O)oc2ccc(NC(=O)C3COCCN3)cc21. The number of anilines is 1. The number of rotatable bonds is 2. The van der Waals surface area contributed by atoms with Crippen molar-refractivity contribution in [3.63, 3.8) is 0 Å². The van der Waals surface area contributed by atoms with E-state index in [0.717, 1.165) is 0 Å². The molecule has 1 aliphatic rings. The molecule has 106 valence electrons. The molecular weight excluding hydrogens is 262 g/mol. The van der Waals surface area contributed by atoms with Crippen molar-refractivity contribution >= 4 is 22.7 Å². The molecule has 1 atom stereocenters. The lowest BCUT2D eigenvalue weighted by Gasteiger charge is -2.22. The van der Waals surface area contributed by atoms with Crippen molar-refractivity contribution in [3.8, 4) is 0 Å².